The van der Waals surface area contributed by atoms with E-state index in [2.05, 4.69) is 19.8 Å². The number of nitrogens with zero attached hydrogens (tertiary/aromatic N) is 5. The number of anilines is 1. The molecule has 1 saturated heterocycles. The number of nitrogens with one attached hydrogen (secondary N) is 1. The van der Waals surface area contributed by atoms with E-state index < -0.39 is 29.2 Å². The van der Waals surface area contributed by atoms with Crippen molar-refractivity contribution in [2.45, 2.75) is 31.3 Å². The third-order valence-electron chi connectivity index (χ3n) is 5.37. The molecule has 2 aromatic rings. The molecule has 2 aliphatic heterocycles. The molecule has 2 aliphatic rings. The molecule has 0 bridgehead atoms. The standard InChI is InChI=1S/C21H23N7O6S2/c1-2-34-25-13(16-24-21(22)36-26-16)17(30)23-14-18(31)28-15(20(32)33)12(10-35-19(14)28)9-27-6-3-4-11(8-27)5-7-29/h3-4,6,8,14,19,29H,2,5,7,9-10H2,1H3,(H3-,22,23,24,26,30,32,33)/t14?,19-/m1/s1. The zero-order chi connectivity index (χ0) is 25.8. The lowest BCUT2D eigenvalue weighted by Crippen LogP contribution is -2.71. The number of β-lactam (4-membered cyclic amide) rings is 1. The Labute approximate surface area is 213 Å². The van der Waals surface area contributed by atoms with Crippen molar-refractivity contribution in [3.63, 3.8) is 0 Å². The molecular formula is C21H23N7O6S2. The minimum atomic E-state index is -1.47. The normalized spacial score (nSPS) is 19.6. The fraction of sp³-hybridized carbons (Fsp3) is 0.381. The molecular weight excluding hydrogens is 510 g/mol. The van der Waals surface area contributed by atoms with Gasteiger partial charge in [0.2, 0.25) is 11.5 Å². The number of carboxylic acids is 1. The number of hydrogen-bond acceptors (Lipinski definition) is 12. The van der Waals surface area contributed by atoms with Gasteiger partial charge in [0.05, 0.1) is 11.7 Å². The van der Waals surface area contributed by atoms with Crippen LogP contribution >= 0.6 is 23.3 Å². The summed E-state index contributed by atoms with van der Waals surface area (Å²) >= 11 is 2.20. The summed E-state index contributed by atoms with van der Waals surface area (Å²) in [6.45, 7) is 2.09. The number of thioether (sulfide) groups is 1. The number of aliphatic hydroxyl groups excluding tert-OH is 1. The summed E-state index contributed by atoms with van der Waals surface area (Å²) in [6, 6.07) is 2.68. The van der Waals surface area contributed by atoms with Crippen molar-refractivity contribution in [3.8, 4) is 0 Å². The van der Waals surface area contributed by atoms with Gasteiger partial charge in [0.25, 0.3) is 11.8 Å². The highest BCUT2D eigenvalue weighted by Gasteiger charge is 2.53. The van der Waals surface area contributed by atoms with E-state index in [0.29, 0.717) is 17.7 Å². The van der Waals surface area contributed by atoms with Crippen LogP contribution in [-0.4, -0.2) is 73.2 Å². The van der Waals surface area contributed by atoms with E-state index in [1.165, 1.54) is 11.8 Å². The molecule has 0 radical (unpaired) electrons. The first-order valence-electron chi connectivity index (χ1n) is 10.9. The number of rotatable bonds is 10. The fourth-order valence-corrected chi connectivity index (χ4v) is 5.59. The number of nitrogen functional groups attached to an aromatic ring is 1. The predicted molar refractivity (Wildman–Crippen MR) is 127 cm³/mol. The number of aliphatic carboxylic acids is 1. The highest BCUT2D eigenvalue weighted by molar-refractivity contribution is 8.00. The number of oxime groups is 1. The van der Waals surface area contributed by atoms with Crippen molar-refractivity contribution in [1.82, 2.24) is 19.6 Å². The highest BCUT2D eigenvalue weighted by Crippen LogP contribution is 2.40. The number of pyridine rings is 1. The first-order chi connectivity index (χ1) is 17.3. The molecule has 4 rings (SSSR count). The van der Waals surface area contributed by atoms with Crippen LogP contribution in [0.4, 0.5) is 5.13 Å². The van der Waals surface area contributed by atoms with E-state index in [1.54, 1.807) is 23.8 Å². The Hall–Kier alpha value is -3.56. The molecule has 1 fully saturated rings. The van der Waals surface area contributed by atoms with Gasteiger partial charge >= 0.3 is 0 Å². The zero-order valence-corrected chi connectivity index (χ0v) is 20.8. The van der Waals surface area contributed by atoms with Gasteiger partial charge < -0.3 is 30.9 Å². The van der Waals surface area contributed by atoms with Crippen LogP contribution in [0, 0.1) is 0 Å². The van der Waals surface area contributed by atoms with Crippen LogP contribution in [0.2, 0.25) is 0 Å². The van der Waals surface area contributed by atoms with E-state index in [-0.39, 0.29) is 42.1 Å². The van der Waals surface area contributed by atoms with Crippen LogP contribution in [0.5, 0.6) is 0 Å². The molecule has 0 aliphatic carbocycles. The molecule has 15 heteroatoms. The number of aliphatic hydroxyl groups is 1. The lowest BCUT2D eigenvalue weighted by molar-refractivity contribution is -0.689. The number of fused-ring (bicyclic) bond motifs is 1. The third kappa shape index (κ3) is 5.17. The monoisotopic (exact) mass is 533 g/mol. The second kappa shape index (κ2) is 11.0. The molecule has 4 N–H and O–H groups in total. The van der Waals surface area contributed by atoms with Crippen LogP contribution in [0.3, 0.4) is 0 Å². The maximum atomic E-state index is 13.0. The van der Waals surface area contributed by atoms with Gasteiger partial charge in [-0.05, 0) is 13.0 Å². The molecule has 2 amide bonds. The fourth-order valence-electron chi connectivity index (χ4n) is 3.82. The number of aromatic nitrogens is 3. The molecule has 1 unspecified atom stereocenters. The second-order valence-electron chi connectivity index (χ2n) is 7.77. The largest absolute Gasteiger partial charge is 0.543 e. The number of amides is 2. The van der Waals surface area contributed by atoms with E-state index in [0.717, 1.165) is 22.0 Å². The Balaban J connectivity index is 1.52. The van der Waals surface area contributed by atoms with Crippen molar-refractivity contribution in [2.75, 3.05) is 24.7 Å². The molecule has 13 nitrogen and oxygen atoms in total. The third-order valence-corrected chi connectivity index (χ3v) is 7.26. The summed E-state index contributed by atoms with van der Waals surface area (Å²) in [5.41, 5.74) is 6.55. The smallest absolute Gasteiger partial charge is 0.278 e. The molecule has 0 aromatic carbocycles. The maximum Gasteiger partial charge on any atom is 0.278 e. The van der Waals surface area contributed by atoms with Crippen LogP contribution in [0.1, 0.15) is 18.3 Å². The van der Waals surface area contributed by atoms with Crippen molar-refractivity contribution >= 4 is 51.9 Å². The van der Waals surface area contributed by atoms with Crippen molar-refractivity contribution < 1.29 is 34.0 Å². The Morgan fingerprint density at radius 2 is 2.28 bits per heavy atom. The van der Waals surface area contributed by atoms with Crippen LogP contribution in [-0.2, 0) is 32.2 Å². The van der Waals surface area contributed by atoms with Crippen LogP contribution in [0.15, 0.2) is 41.0 Å². The van der Waals surface area contributed by atoms with Crippen LogP contribution < -0.4 is 20.7 Å². The van der Waals surface area contributed by atoms with Gasteiger partial charge in [-0.15, -0.1) is 11.8 Å². The Morgan fingerprint density at radius 3 is 2.94 bits per heavy atom. The minimum absolute atomic E-state index is 0.00711. The number of nitrogens with two attached hydrogens (primary N) is 1. The van der Waals surface area contributed by atoms with Gasteiger partial charge in [-0.1, -0.05) is 5.16 Å². The Bertz CT molecular complexity index is 1250. The second-order valence-corrected chi connectivity index (χ2v) is 9.66. The quantitative estimate of drug-likeness (QED) is 0.131. The zero-order valence-electron chi connectivity index (χ0n) is 19.1. The summed E-state index contributed by atoms with van der Waals surface area (Å²) < 4.78 is 5.76. The van der Waals surface area contributed by atoms with E-state index in [1.807, 2.05) is 12.3 Å². The van der Waals surface area contributed by atoms with Gasteiger partial charge in [-0.2, -0.15) is 9.36 Å². The van der Waals surface area contributed by atoms with Gasteiger partial charge in [-0.25, -0.2) is 4.57 Å². The number of hydrogen-bond donors (Lipinski definition) is 3. The number of carboxylic acid groups (broad SMARTS) is 1. The number of carbonyl (C=O) groups excluding carboxylic acids is 3. The van der Waals surface area contributed by atoms with E-state index in [9.17, 15) is 19.5 Å². The van der Waals surface area contributed by atoms with E-state index in [4.69, 9.17) is 15.7 Å². The van der Waals surface area contributed by atoms with Gasteiger partial charge in [-0.3, -0.25) is 14.5 Å². The molecule has 4 heterocycles. The van der Waals surface area contributed by atoms with Crippen molar-refractivity contribution in [3.05, 3.63) is 47.2 Å². The summed E-state index contributed by atoms with van der Waals surface area (Å²) in [4.78, 5) is 48.0. The SMILES string of the molecule is CCON=C(C(=O)NC1C(=O)N2C(C(=O)[O-])=C(C[n+]3cccc(CCO)c3)CS[C@H]12)c1nsc(N)n1. The summed E-state index contributed by atoms with van der Waals surface area (Å²) in [6.07, 6.45) is 4.05. The van der Waals surface area contributed by atoms with Crippen LogP contribution in [0.25, 0.3) is 0 Å². The topological polar surface area (TPSA) is 187 Å². The lowest BCUT2D eigenvalue weighted by Gasteiger charge is -2.50. The molecule has 0 spiro atoms. The maximum absolute atomic E-state index is 13.0. The lowest BCUT2D eigenvalue weighted by atomic mass is 10.0. The van der Waals surface area contributed by atoms with Gasteiger partial charge in [0.1, 0.15) is 18.0 Å². The number of carbonyl (C=O) groups is 3. The first-order valence-corrected chi connectivity index (χ1v) is 12.7. The Kier molecular flexibility index (Phi) is 7.81. The van der Waals surface area contributed by atoms with Gasteiger partial charge in [0.15, 0.2) is 24.1 Å². The summed E-state index contributed by atoms with van der Waals surface area (Å²) in [7, 11) is 0. The molecule has 2 aromatic heterocycles. The van der Waals surface area contributed by atoms with E-state index >= 15 is 0 Å². The minimum Gasteiger partial charge on any atom is -0.543 e. The van der Waals surface area contributed by atoms with Crippen molar-refractivity contribution in [1.29, 1.82) is 0 Å². The molecule has 2 atom stereocenters. The first kappa shape index (κ1) is 25.5. The van der Waals surface area contributed by atoms with Crippen molar-refractivity contribution in [2.24, 2.45) is 5.16 Å². The molecule has 0 saturated carbocycles. The molecule has 36 heavy (non-hydrogen) atoms. The molecule has 190 valence electrons. The Morgan fingerprint density at radius 1 is 1.47 bits per heavy atom. The predicted octanol–water partition coefficient (Wildman–Crippen LogP) is -2.21. The average Bonchev–Trinajstić information content (AvgIpc) is 3.28. The summed E-state index contributed by atoms with van der Waals surface area (Å²) in [5, 5.41) is 27.0. The highest BCUT2D eigenvalue weighted by atomic mass is 32.2. The average molecular weight is 534 g/mol. The summed E-state index contributed by atoms with van der Waals surface area (Å²) in [5.74, 6) is -2.53. The van der Waals surface area contributed by atoms with Gasteiger partial charge in [0, 0.05) is 47.5 Å².